The van der Waals surface area contributed by atoms with E-state index >= 15 is 0 Å². The van der Waals surface area contributed by atoms with Crippen LogP contribution in [0, 0.1) is 5.92 Å². The van der Waals surface area contributed by atoms with Crippen LogP contribution in [0.1, 0.15) is 52.9 Å². The van der Waals surface area contributed by atoms with Crippen molar-refractivity contribution in [3.05, 3.63) is 0 Å². The van der Waals surface area contributed by atoms with Crippen LogP contribution in [0.25, 0.3) is 0 Å². The van der Waals surface area contributed by atoms with Crippen LogP contribution >= 0.6 is 0 Å². The number of piperidine rings is 1. The maximum absolute atomic E-state index is 11.7. The van der Waals surface area contributed by atoms with Crippen molar-refractivity contribution in [1.82, 2.24) is 16.0 Å². The summed E-state index contributed by atoms with van der Waals surface area (Å²) in [4.78, 5) is 11.7. The monoisotopic (exact) mass is 297 g/mol. The molecule has 1 amide bonds. The lowest BCUT2D eigenvalue weighted by molar-refractivity contribution is 0.0517. The summed E-state index contributed by atoms with van der Waals surface area (Å²) in [6.45, 7) is 8.61. The molecule has 2 rings (SSSR count). The summed E-state index contributed by atoms with van der Waals surface area (Å²) in [6.07, 6.45) is 5.87. The molecule has 2 aliphatic rings. The molecule has 3 unspecified atom stereocenters. The van der Waals surface area contributed by atoms with Gasteiger partial charge in [-0.2, -0.15) is 0 Å². The Morgan fingerprint density at radius 2 is 2.05 bits per heavy atom. The second kappa shape index (κ2) is 7.45. The number of rotatable bonds is 4. The van der Waals surface area contributed by atoms with Crippen LogP contribution < -0.4 is 16.0 Å². The number of amides is 1. The molecule has 122 valence electrons. The van der Waals surface area contributed by atoms with Crippen LogP contribution in [0.15, 0.2) is 0 Å². The van der Waals surface area contributed by atoms with Crippen molar-refractivity contribution in [2.45, 2.75) is 70.6 Å². The lowest BCUT2D eigenvalue weighted by Crippen LogP contribution is -2.50. The van der Waals surface area contributed by atoms with Gasteiger partial charge in [0.05, 0.1) is 0 Å². The van der Waals surface area contributed by atoms with Gasteiger partial charge in [-0.05, 0) is 58.9 Å². The van der Waals surface area contributed by atoms with E-state index in [2.05, 4.69) is 16.0 Å². The number of carbonyl (C=O) groups is 1. The summed E-state index contributed by atoms with van der Waals surface area (Å²) in [7, 11) is 0. The molecular formula is C16H31N3O2. The third-order valence-electron chi connectivity index (χ3n) is 4.31. The van der Waals surface area contributed by atoms with Crippen LogP contribution in [0.2, 0.25) is 0 Å². The molecule has 0 aromatic heterocycles. The van der Waals surface area contributed by atoms with Crippen molar-refractivity contribution in [3.63, 3.8) is 0 Å². The van der Waals surface area contributed by atoms with E-state index in [1.54, 1.807) is 0 Å². The average molecular weight is 297 g/mol. The molecule has 0 radical (unpaired) electrons. The molecule has 3 atom stereocenters. The van der Waals surface area contributed by atoms with Gasteiger partial charge in [0.25, 0.3) is 0 Å². The highest BCUT2D eigenvalue weighted by atomic mass is 16.6. The Hall–Kier alpha value is -0.810. The minimum absolute atomic E-state index is 0.299. The molecule has 0 spiro atoms. The number of ether oxygens (including phenoxy) is 1. The van der Waals surface area contributed by atoms with Crippen molar-refractivity contribution < 1.29 is 9.53 Å². The van der Waals surface area contributed by atoms with Crippen LogP contribution in [-0.2, 0) is 4.74 Å². The van der Waals surface area contributed by atoms with Gasteiger partial charge in [-0.1, -0.05) is 6.42 Å². The lowest BCUT2D eigenvalue weighted by Gasteiger charge is -2.30. The van der Waals surface area contributed by atoms with Crippen LogP contribution in [0.5, 0.6) is 0 Å². The summed E-state index contributed by atoms with van der Waals surface area (Å²) in [5.74, 6) is 0.527. The largest absolute Gasteiger partial charge is 0.444 e. The molecular weight excluding hydrogens is 266 g/mol. The molecule has 1 saturated heterocycles. The minimum atomic E-state index is -0.425. The molecule has 0 aromatic rings. The van der Waals surface area contributed by atoms with Crippen molar-refractivity contribution >= 4 is 6.09 Å². The van der Waals surface area contributed by atoms with Gasteiger partial charge in [0.2, 0.25) is 0 Å². The predicted octanol–water partition coefficient (Wildman–Crippen LogP) is 2.02. The molecule has 1 saturated carbocycles. The van der Waals surface area contributed by atoms with Gasteiger partial charge in [0, 0.05) is 25.2 Å². The number of carbonyl (C=O) groups excluding carboxylic acids is 1. The predicted molar refractivity (Wildman–Crippen MR) is 84.4 cm³/mol. The van der Waals surface area contributed by atoms with E-state index in [1.807, 2.05) is 20.8 Å². The highest BCUT2D eigenvalue weighted by Gasteiger charge is 2.30. The third-order valence-corrected chi connectivity index (χ3v) is 4.31. The second-order valence-corrected chi connectivity index (χ2v) is 7.39. The van der Waals surface area contributed by atoms with E-state index in [-0.39, 0.29) is 6.09 Å². The van der Waals surface area contributed by atoms with E-state index in [1.165, 1.54) is 32.1 Å². The third kappa shape index (κ3) is 5.83. The van der Waals surface area contributed by atoms with Gasteiger partial charge < -0.3 is 20.7 Å². The Balaban J connectivity index is 1.72. The molecule has 3 N–H and O–H groups in total. The van der Waals surface area contributed by atoms with Crippen LogP contribution in [0.4, 0.5) is 4.79 Å². The van der Waals surface area contributed by atoms with Crippen LogP contribution in [0.3, 0.4) is 0 Å². The van der Waals surface area contributed by atoms with E-state index in [0.717, 1.165) is 13.1 Å². The first-order valence-corrected chi connectivity index (χ1v) is 8.37. The molecule has 2 fully saturated rings. The fraction of sp³-hybridized carbons (Fsp3) is 0.938. The van der Waals surface area contributed by atoms with Gasteiger partial charge in [-0.15, -0.1) is 0 Å². The Bertz CT molecular complexity index is 335. The zero-order valence-corrected chi connectivity index (χ0v) is 13.7. The molecule has 0 bridgehead atoms. The minimum Gasteiger partial charge on any atom is -0.444 e. The Morgan fingerprint density at radius 3 is 2.71 bits per heavy atom. The number of alkyl carbamates (subject to hydrolysis) is 1. The molecule has 5 nitrogen and oxygen atoms in total. The van der Waals surface area contributed by atoms with E-state index in [0.29, 0.717) is 24.5 Å². The fourth-order valence-corrected chi connectivity index (χ4v) is 3.33. The SMILES string of the molecule is CC(C)(C)OC(=O)NCC1CCCC1NC1CCCNC1. The summed E-state index contributed by atoms with van der Waals surface area (Å²) in [5.41, 5.74) is -0.425. The van der Waals surface area contributed by atoms with Crippen molar-refractivity contribution in [2.24, 2.45) is 5.92 Å². The maximum Gasteiger partial charge on any atom is 0.407 e. The van der Waals surface area contributed by atoms with E-state index in [9.17, 15) is 4.79 Å². The van der Waals surface area contributed by atoms with E-state index < -0.39 is 5.60 Å². The summed E-state index contributed by atoms with van der Waals surface area (Å²) in [6, 6.07) is 1.12. The normalized spacial score (nSPS) is 30.1. The molecule has 5 heteroatoms. The summed E-state index contributed by atoms with van der Waals surface area (Å²) in [5, 5.41) is 10.2. The summed E-state index contributed by atoms with van der Waals surface area (Å²) >= 11 is 0. The first-order chi connectivity index (χ1) is 9.94. The van der Waals surface area contributed by atoms with E-state index in [4.69, 9.17) is 4.74 Å². The summed E-state index contributed by atoms with van der Waals surface area (Å²) < 4.78 is 5.30. The average Bonchev–Trinajstić information content (AvgIpc) is 2.83. The zero-order chi connectivity index (χ0) is 15.3. The second-order valence-electron chi connectivity index (χ2n) is 7.39. The first-order valence-electron chi connectivity index (χ1n) is 8.37. The first kappa shape index (κ1) is 16.6. The van der Waals surface area contributed by atoms with Gasteiger partial charge >= 0.3 is 6.09 Å². The fourth-order valence-electron chi connectivity index (χ4n) is 3.33. The highest BCUT2D eigenvalue weighted by molar-refractivity contribution is 5.67. The lowest BCUT2D eigenvalue weighted by atomic mass is 10.0. The molecule has 0 aromatic carbocycles. The Labute approximate surface area is 128 Å². The van der Waals surface area contributed by atoms with Gasteiger partial charge in [-0.25, -0.2) is 4.79 Å². The number of nitrogens with one attached hydrogen (secondary N) is 3. The Morgan fingerprint density at radius 1 is 1.24 bits per heavy atom. The van der Waals surface area contributed by atoms with Crippen molar-refractivity contribution in [3.8, 4) is 0 Å². The molecule has 1 aliphatic carbocycles. The van der Waals surface area contributed by atoms with Crippen LogP contribution in [-0.4, -0.2) is 43.4 Å². The van der Waals surface area contributed by atoms with Crippen molar-refractivity contribution in [2.75, 3.05) is 19.6 Å². The van der Waals surface area contributed by atoms with Gasteiger partial charge in [0.1, 0.15) is 5.60 Å². The topological polar surface area (TPSA) is 62.4 Å². The maximum atomic E-state index is 11.7. The van der Waals surface area contributed by atoms with Gasteiger partial charge in [-0.3, -0.25) is 0 Å². The molecule has 21 heavy (non-hydrogen) atoms. The number of hydrogen-bond donors (Lipinski definition) is 3. The quantitative estimate of drug-likeness (QED) is 0.743. The Kier molecular flexibility index (Phi) is 5.88. The molecule has 1 aliphatic heterocycles. The highest BCUT2D eigenvalue weighted by Crippen LogP contribution is 2.26. The zero-order valence-electron chi connectivity index (χ0n) is 13.7. The molecule has 1 heterocycles. The number of hydrogen-bond acceptors (Lipinski definition) is 4. The van der Waals surface area contributed by atoms with Crippen molar-refractivity contribution in [1.29, 1.82) is 0 Å². The van der Waals surface area contributed by atoms with Gasteiger partial charge in [0.15, 0.2) is 0 Å². The standard InChI is InChI=1S/C16H31N3O2/c1-16(2,3)21-15(20)18-10-12-6-4-8-14(12)19-13-7-5-9-17-11-13/h12-14,17,19H,4-11H2,1-3H3,(H,18,20). The smallest absolute Gasteiger partial charge is 0.407 e.